The topological polar surface area (TPSA) is 96.4 Å². The van der Waals surface area contributed by atoms with E-state index in [2.05, 4.69) is 17.2 Å². The molecule has 0 radical (unpaired) electrons. The van der Waals surface area contributed by atoms with E-state index in [1.807, 2.05) is 20.0 Å². The number of nitrogens with zero attached hydrogens (tertiary/aromatic N) is 2. The fraction of sp³-hybridized carbons (Fsp3) is 0.480. The number of allylic oxidation sites excluding steroid dienone is 2. The number of carbonyl (C=O) groups is 3. The van der Waals surface area contributed by atoms with E-state index < -0.39 is 0 Å². The first-order valence-electron chi connectivity index (χ1n) is 11.6. The summed E-state index contributed by atoms with van der Waals surface area (Å²) in [5.74, 6) is 0.256. The van der Waals surface area contributed by atoms with E-state index in [1.54, 1.807) is 34.9 Å². The predicted octanol–water partition coefficient (Wildman–Crippen LogP) is 3.60. The highest BCUT2D eigenvalue weighted by molar-refractivity contribution is 6.09. The van der Waals surface area contributed by atoms with Gasteiger partial charge in [-0.2, -0.15) is 0 Å². The van der Waals surface area contributed by atoms with Gasteiger partial charge in [0.05, 0.1) is 11.4 Å². The summed E-state index contributed by atoms with van der Waals surface area (Å²) in [5.41, 5.74) is 4.28. The van der Waals surface area contributed by atoms with Gasteiger partial charge in [-0.05, 0) is 48.8 Å². The Bertz CT molecular complexity index is 1190. The number of H-pyrrole nitrogens is 1. The molecular weight excluding hydrogens is 420 g/mol. The third-order valence-corrected chi connectivity index (χ3v) is 7.57. The average Bonchev–Trinajstić information content (AvgIpc) is 3.41. The first-order valence-corrected chi connectivity index (χ1v) is 11.6. The van der Waals surface area contributed by atoms with E-state index in [1.165, 1.54) is 0 Å². The molecule has 2 aromatic rings. The number of likely N-dealkylation sites (tertiary alicyclic amines) is 1. The van der Waals surface area contributed by atoms with Gasteiger partial charge in [0.15, 0.2) is 0 Å². The molecule has 3 heterocycles. The molecule has 1 saturated heterocycles. The maximum absolute atomic E-state index is 13.9. The summed E-state index contributed by atoms with van der Waals surface area (Å²) in [7, 11) is 1.56. The molecule has 3 atom stereocenters. The Morgan fingerprint density at radius 1 is 1.36 bits per heavy atom. The number of hydrogen-bond donors (Lipinski definition) is 2. The molecule has 2 N–H and O–H groups in total. The molecule has 1 spiro atoms. The second-order valence-corrected chi connectivity index (χ2v) is 9.53. The number of anilines is 1. The molecule has 0 bridgehead atoms. The van der Waals surface area contributed by atoms with E-state index in [0.29, 0.717) is 36.0 Å². The lowest BCUT2D eigenvalue weighted by atomic mass is 9.49. The van der Waals surface area contributed by atoms with Gasteiger partial charge in [0.2, 0.25) is 11.7 Å². The van der Waals surface area contributed by atoms with Crippen molar-refractivity contribution in [3.8, 4) is 0 Å². The number of aryl methyl sites for hydroxylation is 1. The normalized spacial score (nSPS) is 25.2. The van der Waals surface area contributed by atoms with Crippen LogP contribution in [0.4, 0.5) is 5.69 Å². The van der Waals surface area contributed by atoms with E-state index in [4.69, 9.17) is 4.74 Å². The van der Waals surface area contributed by atoms with E-state index in [-0.39, 0.29) is 35.7 Å². The van der Waals surface area contributed by atoms with E-state index in [9.17, 15) is 14.4 Å². The molecule has 174 valence electrons. The number of rotatable bonds is 6. The number of fused-ring (bicyclic) bond motifs is 1. The molecular formula is C25H30N4O4. The van der Waals surface area contributed by atoms with E-state index >= 15 is 0 Å². The maximum Gasteiger partial charge on any atom is 0.274 e. The molecule has 33 heavy (non-hydrogen) atoms. The fourth-order valence-corrected chi connectivity index (χ4v) is 6.27. The van der Waals surface area contributed by atoms with Gasteiger partial charge in [-0.3, -0.25) is 14.4 Å². The summed E-state index contributed by atoms with van der Waals surface area (Å²) in [4.78, 5) is 43.9. The number of ketones is 1. The molecule has 1 saturated carbocycles. The number of hydrogen-bond acceptors (Lipinski definition) is 4. The molecule has 2 amide bonds. The predicted molar refractivity (Wildman–Crippen MR) is 123 cm³/mol. The minimum absolute atomic E-state index is 0.0870. The molecule has 2 aromatic heterocycles. The summed E-state index contributed by atoms with van der Waals surface area (Å²) >= 11 is 0. The highest BCUT2D eigenvalue weighted by atomic mass is 16.5. The summed E-state index contributed by atoms with van der Waals surface area (Å²) in [6.45, 7) is 6.94. The molecule has 1 unspecified atom stereocenters. The van der Waals surface area contributed by atoms with E-state index in [0.717, 1.165) is 29.7 Å². The smallest absolute Gasteiger partial charge is 0.274 e. The Morgan fingerprint density at radius 2 is 2.15 bits per heavy atom. The van der Waals surface area contributed by atoms with Crippen LogP contribution in [0.25, 0.3) is 0 Å². The van der Waals surface area contributed by atoms with Crippen molar-refractivity contribution < 1.29 is 19.1 Å². The van der Waals surface area contributed by atoms with Crippen LogP contribution in [0, 0.1) is 18.8 Å². The average molecular weight is 451 g/mol. The number of aromatic amines is 1. The number of methoxy groups -OCH3 is 1. The summed E-state index contributed by atoms with van der Waals surface area (Å²) < 4.78 is 7.01. The second kappa shape index (κ2) is 7.73. The van der Waals surface area contributed by atoms with Crippen molar-refractivity contribution >= 4 is 23.3 Å². The van der Waals surface area contributed by atoms with Crippen LogP contribution in [0.5, 0.6) is 0 Å². The minimum Gasteiger partial charge on any atom is -0.364 e. The zero-order chi connectivity index (χ0) is 23.5. The number of ether oxygens (including phenoxy) is 1. The molecule has 0 aromatic carbocycles. The minimum atomic E-state index is -0.306. The summed E-state index contributed by atoms with van der Waals surface area (Å²) in [6, 6.07) is 1.70. The third kappa shape index (κ3) is 2.96. The zero-order valence-corrected chi connectivity index (χ0v) is 19.5. The van der Waals surface area contributed by atoms with Gasteiger partial charge in [0, 0.05) is 49.7 Å². The lowest BCUT2D eigenvalue weighted by Gasteiger charge is -2.52. The van der Waals surface area contributed by atoms with Crippen LogP contribution in [0.1, 0.15) is 65.2 Å². The molecule has 2 fully saturated rings. The highest BCUT2D eigenvalue weighted by Gasteiger charge is 2.65. The Balaban J connectivity index is 1.53. The summed E-state index contributed by atoms with van der Waals surface area (Å²) in [6.07, 6.45) is 7.45. The van der Waals surface area contributed by atoms with Crippen molar-refractivity contribution in [2.45, 2.75) is 52.2 Å². The van der Waals surface area contributed by atoms with Crippen LogP contribution < -0.4 is 5.32 Å². The quantitative estimate of drug-likeness (QED) is 0.703. The number of nitrogens with one attached hydrogen (secondary N) is 2. The van der Waals surface area contributed by atoms with Gasteiger partial charge in [0.1, 0.15) is 12.4 Å². The number of aromatic nitrogens is 2. The Kier molecular flexibility index (Phi) is 5.08. The second-order valence-electron chi connectivity index (χ2n) is 9.53. The van der Waals surface area contributed by atoms with Crippen LogP contribution in [0.2, 0.25) is 0 Å². The van der Waals surface area contributed by atoms with Crippen LogP contribution in [-0.4, -0.2) is 45.7 Å². The van der Waals surface area contributed by atoms with Crippen molar-refractivity contribution in [3.63, 3.8) is 0 Å². The first kappa shape index (κ1) is 21.7. The van der Waals surface area contributed by atoms with Crippen molar-refractivity contribution in [1.29, 1.82) is 0 Å². The Morgan fingerprint density at radius 3 is 2.85 bits per heavy atom. The largest absolute Gasteiger partial charge is 0.364 e. The van der Waals surface area contributed by atoms with Gasteiger partial charge < -0.3 is 24.5 Å². The monoisotopic (exact) mass is 450 g/mol. The van der Waals surface area contributed by atoms with Crippen molar-refractivity contribution in [2.75, 3.05) is 19.0 Å². The first-order chi connectivity index (χ1) is 15.8. The zero-order valence-electron chi connectivity index (χ0n) is 19.5. The molecule has 5 rings (SSSR count). The highest BCUT2D eigenvalue weighted by Crippen LogP contribution is 2.65. The van der Waals surface area contributed by atoms with Crippen molar-refractivity contribution in [1.82, 2.24) is 14.5 Å². The van der Waals surface area contributed by atoms with Crippen LogP contribution in [0.15, 0.2) is 30.2 Å². The number of carbonyl (C=O) groups excluding carboxylic acids is 3. The van der Waals surface area contributed by atoms with Crippen LogP contribution in [0.3, 0.4) is 0 Å². The summed E-state index contributed by atoms with van der Waals surface area (Å²) in [5, 5.41) is 2.86. The van der Waals surface area contributed by atoms with Gasteiger partial charge >= 0.3 is 0 Å². The van der Waals surface area contributed by atoms with Crippen molar-refractivity contribution in [2.24, 2.45) is 11.8 Å². The Labute approximate surface area is 193 Å². The maximum atomic E-state index is 13.9. The van der Waals surface area contributed by atoms with Gasteiger partial charge in [-0.1, -0.05) is 13.8 Å². The van der Waals surface area contributed by atoms with Crippen LogP contribution in [-0.2, 0) is 21.7 Å². The molecule has 2 aliphatic carbocycles. The molecule has 3 aliphatic rings. The standard InChI is InChI=1S/C25H30N4O4/c1-5-6-21(31)27-17-8-18(28(12-17)13-33-4)24(32)29-11-16-7-15(3)25(16)20(29)9-19(30)23-22(25)14(2)10-26-23/h8-10,12,15-16,26H,5-7,11,13H2,1-4H3,(H,27,31)/t15?,16-,25+/m1/s1. The lowest BCUT2D eigenvalue weighted by Crippen LogP contribution is -2.52. The lowest BCUT2D eigenvalue weighted by molar-refractivity contribution is -0.116. The van der Waals surface area contributed by atoms with Gasteiger partial charge in [0.25, 0.3) is 5.91 Å². The fourth-order valence-electron chi connectivity index (χ4n) is 6.27. The SMILES string of the molecule is CCCC(=O)Nc1cc(C(=O)N2C[C@H]3CC(C)[C@@]34C2=CC(=O)c2[nH]cc(C)c24)n(COC)c1. The van der Waals surface area contributed by atoms with Crippen LogP contribution >= 0.6 is 0 Å². The van der Waals surface area contributed by atoms with Gasteiger partial charge in [-0.15, -0.1) is 0 Å². The number of amides is 2. The molecule has 8 heteroatoms. The molecule has 8 nitrogen and oxygen atoms in total. The third-order valence-electron chi connectivity index (χ3n) is 7.57. The molecule has 1 aliphatic heterocycles. The van der Waals surface area contributed by atoms with Gasteiger partial charge in [-0.25, -0.2) is 0 Å². The Hall–Kier alpha value is -3.13. The van der Waals surface area contributed by atoms with Crippen molar-refractivity contribution in [3.05, 3.63) is 52.7 Å².